The fourth-order valence-corrected chi connectivity index (χ4v) is 6.73. The average molecular weight is 572 g/mol. The predicted molar refractivity (Wildman–Crippen MR) is 133 cm³/mol. The van der Waals surface area contributed by atoms with E-state index in [0.29, 0.717) is 25.9 Å². The molecule has 0 saturated carbocycles. The molecule has 2 saturated heterocycles. The van der Waals surface area contributed by atoms with Gasteiger partial charge in [0.2, 0.25) is 0 Å². The van der Waals surface area contributed by atoms with E-state index in [1.165, 1.54) is 29.7 Å². The van der Waals surface area contributed by atoms with Crippen LogP contribution < -0.4 is 15.7 Å². The number of carbonyl (C=O) groups is 2. The first-order valence-corrected chi connectivity index (χ1v) is 13.7. The zero-order valence-electron chi connectivity index (χ0n) is 20.7. The molecular formula is C25H28F3N3O7S. The molecule has 0 bridgehead atoms. The van der Waals surface area contributed by atoms with E-state index in [9.17, 15) is 36.4 Å². The maximum absolute atomic E-state index is 13.4. The third kappa shape index (κ3) is 6.12. The Kier molecular flexibility index (Phi) is 8.37. The second-order valence-corrected chi connectivity index (χ2v) is 11.6. The Labute approximate surface area is 223 Å². The minimum atomic E-state index is -4.53. The van der Waals surface area contributed by atoms with E-state index in [1.807, 2.05) is 4.90 Å². The summed E-state index contributed by atoms with van der Waals surface area (Å²) >= 11 is 0. The van der Waals surface area contributed by atoms with E-state index in [2.05, 4.69) is 5.32 Å². The minimum absolute atomic E-state index is 0.0266. The van der Waals surface area contributed by atoms with Gasteiger partial charge in [0.05, 0.1) is 10.5 Å². The number of piperidine rings is 1. The lowest BCUT2D eigenvalue weighted by Crippen LogP contribution is -2.54. The lowest BCUT2D eigenvalue weighted by atomic mass is 9.98. The van der Waals surface area contributed by atoms with Gasteiger partial charge >= 0.3 is 12.3 Å². The smallest absolute Gasteiger partial charge is 0.416 e. The highest BCUT2D eigenvalue weighted by molar-refractivity contribution is 7.93. The highest BCUT2D eigenvalue weighted by atomic mass is 32.2. The highest BCUT2D eigenvalue weighted by Gasteiger charge is 2.52. The number of benzene rings is 2. The number of carbonyl (C=O) groups excluding carboxylic acids is 2. The molecule has 3 N–H and O–H groups in total. The van der Waals surface area contributed by atoms with Gasteiger partial charge in [0.25, 0.3) is 5.91 Å². The summed E-state index contributed by atoms with van der Waals surface area (Å²) in [5.41, 5.74) is 1.31. The normalized spacial score (nSPS) is 18.3. The maximum Gasteiger partial charge on any atom is 0.416 e. The zero-order chi connectivity index (χ0) is 28.3. The highest BCUT2D eigenvalue weighted by Crippen LogP contribution is 2.36. The molecule has 2 heterocycles. The summed E-state index contributed by atoms with van der Waals surface area (Å²) in [5.74, 6) is -0.992. The van der Waals surface area contributed by atoms with Crippen LogP contribution in [0.1, 0.15) is 31.2 Å². The molecule has 2 aromatic carbocycles. The summed E-state index contributed by atoms with van der Waals surface area (Å²) in [6, 6.07) is 10.3. The van der Waals surface area contributed by atoms with Crippen molar-refractivity contribution in [1.82, 2.24) is 5.48 Å². The van der Waals surface area contributed by atoms with Crippen LogP contribution in [0.2, 0.25) is 0 Å². The summed E-state index contributed by atoms with van der Waals surface area (Å²) in [7, 11) is -4.14. The molecule has 0 aromatic heterocycles. The summed E-state index contributed by atoms with van der Waals surface area (Å²) in [6.45, 7) is 1.11. The van der Waals surface area contributed by atoms with Crippen LogP contribution in [0.4, 0.5) is 29.3 Å². The van der Waals surface area contributed by atoms with Crippen molar-refractivity contribution in [2.45, 2.75) is 47.6 Å². The molecule has 2 aromatic rings. The van der Waals surface area contributed by atoms with Gasteiger partial charge in [0.15, 0.2) is 14.6 Å². The SMILES string of the molecule is O=C(Nc1cccc(C(F)(F)F)c1)OC1CCN(c2ccc(S(=O)(=O)C3(C(=O)NO)CCOCC3)cc2)CC1. The number of halogens is 3. The summed E-state index contributed by atoms with van der Waals surface area (Å²) in [5, 5.41) is 11.5. The number of alkyl halides is 3. The monoisotopic (exact) mass is 571 g/mol. The maximum atomic E-state index is 13.4. The van der Waals surface area contributed by atoms with Gasteiger partial charge < -0.3 is 14.4 Å². The van der Waals surface area contributed by atoms with Gasteiger partial charge in [-0.3, -0.25) is 15.3 Å². The number of hydrogen-bond donors (Lipinski definition) is 3. The molecule has 2 aliphatic rings. The molecule has 0 atom stereocenters. The molecule has 0 radical (unpaired) electrons. The quantitative estimate of drug-likeness (QED) is 0.353. The number of amides is 2. The van der Waals surface area contributed by atoms with Crippen LogP contribution in [0.15, 0.2) is 53.4 Å². The molecule has 14 heteroatoms. The van der Waals surface area contributed by atoms with E-state index in [1.54, 1.807) is 12.1 Å². The fraction of sp³-hybridized carbons (Fsp3) is 0.440. The summed E-state index contributed by atoms with van der Waals surface area (Å²) < 4.78 is 74.2. The number of rotatable bonds is 6. The van der Waals surface area contributed by atoms with Crippen LogP contribution in [0.5, 0.6) is 0 Å². The zero-order valence-corrected chi connectivity index (χ0v) is 21.6. The summed E-state index contributed by atoms with van der Waals surface area (Å²) in [6.07, 6.45) is -5.09. The van der Waals surface area contributed by atoms with E-state index in [0.717, 1.165) is 17.8 Å². The number of nitrogens with zero attached hydrogens (tertiary/aromatic N) is 1. The van der Waals surface area contributed by atoms with E-state index in [-0.39, 0.29) is 36.6 Å². The average Bonchev–Trinajstić information content (AvgIpc) is 2.93. The van der Waals surface area contributed by atoms with Crippen molar-refractivity contribution in [1.29, 1.82) is 0 Å². The van der Waals surface area contributed by atoms with Crippen LogP contribution in [0.3, 0.4) is 0 Å². The molecule has 0 aliphatic carbocycles. The molecule has 2 aliphatic heterocycles. The number of anilines is 2. The van der Waals surface area contributed by atoms with Crippen LogP contribution in [-0.4, -0.2) is 62.8 Å². The molecule has 4 rings (SSSR count). The molecule has 2 fully saturated rings. The van der Waals surface area contributed by atoms with Gasteiger partial charge in [-0.1, -0.05) is 6.07 Å². The second-order valence-electron chi connectivity index (χ2n) is 9.34. The van der Waals surface area contributed by atoms with Gasteiger partial charge in [-0.2, -0.15) is 13.2 Å². The summed E-state index contributed by atoms with van der Waals surface area (Å²) in [4.78, 5) is 26.5. The van der Waals surface area contributed by atoms with E-state index in [4.69, 9.17) is 9.47 Å². The van der Waals surface area contributed by atoms with E-state index < -0.39 is 44.4 Å². The number of ether oxygens (including phenoxy) is 2. The first kappa shape index (κ1) is 28.6. The van der Waals surface area contributed by atoms with Crippen molar-refractivity contribution in [3.8, 4) is 0 Å². The molecule has 0 unspecified atom stereocenters. The van der Waals surface area contributed by atoms with Gasteiger partial charge in [-0.15, -0.1) is 0 Å². The van der Waals surface area contributed by atoms with Crippen LogP contribution in [0, 0.1) is 0 Å². The van der Waals surface area contributed by atoms with Crippen LogP contribution in [0.25, 0.3) is 0 Å². The first-order valence-electron chi connectivity index (χ1n) is 12.2. The number of hydrogen-bond acceptors (Lipinski definition) is 8. The Morgan fingerprint density at radius 2 is 1.69 bits per heavy atom. The van der Waals surface area contributed by atoms with Crippen molar-refractivity contribution in [2.75, 3.05) is 36.5 Å². The van der Waals surface area contributed by atoms with Gasteiger partial charge in [0.1, 0.15) is 6.10 Å². The number of hydroxylamine groups is 1. The van der Waals surface area contributed by atoms with Crippen molar-refractivity contribution < 1.29 is 45.9 Å². The fourth-order valence-electron chi connectivity index (χ4n) is 4.79. The Balaban J connectivity index is 1.34. The second kappa shape index (κ2) is 11.4. The van der Waals surface area contributed by atoms with Crippen molar-refractivity contribution in [3.63, 3.8) is 0 Å². The molecule has 39 heavy (non-hydrogen) atoms. The van der Waals surface area contributed by atoms with Crippen LogP contribution >= 0.6 is 0 Å². The number of sulfone groups is 1. The topological polar surface area (TPSA) is 134 Å². The van der Waals surface area contributed by atoms with Gasteiger partial charge in [-0.05, 0) is 55.3 Å². The third-order valence-electron chi connectivity index (χ3n) is 6.99. The lowest BCUT2D eigenvalue weighted by Gasteiger charge is -2.35. The minimum Gasteiger partial charge on any atom is -0.446 e. The van der Waals surface area contributed by atoms with Crippen LogP contribution in [-0.2, 0) is 30.3 Å². The van der Waals surface area contributed by atoms with Gasteiger partial charge in [-0.25, -0.2) is 18.7 Å². The third-order valence-corrected chi connectivity index (χ3v) is 9.51. The van der Waals surface area contributed by atoms with E-state index >= 15 is 0 Å². The van der Waals surface area contributed by atoms with Crippen molar-refractivity contribution in [3.05, 3.63) is 54.1 Å². The lowest BCUT2D eigenvalue weighted by molar-refractivity contribution is -0.137. The molecular weight excluding hydrogens is 543 g/mol. The molecule has 2 amide bonds. The standard InChI is InChI=1S/C25H28F3N3O7S/c26-25(27,28)17-2-1-3-18(16-17)29-23(33)38-20-8-12-31(13-9-20)19-4-6-21(7-5-19)39(35,36)24(22(32)30-34)10-14-37-15-11-24/h1-7,16,20,34H,8-15H2,(H,29,33)(H,30,32). The first-order chi connectivity index (χ1) is 18.5. The van der Waals surface area contributed by atoms with Crippen molar-refractivity contribution >= 4 is 33.2 Å². The Morgan fingerprint density at radius 3 is 2.28 bits per heavy atom. The molecule has 212 valence electrons. The Hall–Kier alpha value is -3.36. The molecule has 10 nitrogen and oxygen atoms in total. The van der Waals surface area contributed by atoms with Crippen molar-refractivity contribution in [2.24, 2.45) is 0 Å². The predicted octanol–water partition coefficient (Wildman–Crippen LogP) is 3.75. The van der Waals surface area contributed by atoms with Gasteiger partial charge in [0, 0.05) is 50.5 Å². The Morgan fingerprint density at radius 1 is 1.05 bits per heavy atom. The Bertz CT molecular complexity index is 1290. The largest absolute Gasteiger partial charge is 0.446 e. The number of nitrogens with one attached hydrogen (secondary N) is 2. The molecule has 0 spiro atoms.